The van der Waals surface area contributed by atoms with E-state index in [1.807, 2.05) is 30.8 Å². The molecule has 5 nitrogen and oxygen atoms in total. The molecule has 1 aromatic rings. The van der Waals surface area contributed by atoms with E-state index in [0.717, 1.165) is 25.1 Å². The third kappa shape index (κ3) is 2.41. The van der Waals surface area contributed by atoms with Crippen LogP contribution in [0.5, 0.6) is 0 Å². The molecule has 1 aliphatic carbocycles. The number of aryl methyl sites for hydroxylation is 1. The summed E-state index contributed by atoms with van der Waals surface area (Å²) in [5.41, 5.74) is 0.336. The smallest absolute Gasteiger partial charge is 0.328 e. The molecule has 1 aromatic heterocycles. The van der Waals surface area contributed by atoms with E-state index in [1.165, 1.54) is 7.11 Å². The molecular formula is C13H21N3O2. The second kappa shape index (κ2) is 5.10. The number of hydrogen-bond acceptors (Lipinski definition) is 4. The molecule has 0 aromatic carbocycles. The quantitative estimate of drug-likeness (QED) is 0.770. The predicted octanol–water partition coefficient (Wildman–Crippen LogP) is 1.12. The molecule has 0 spiro atoms. The first-order chi connectivity index (χ1) is 8.62. The van der Waals surface area contributed by atoms with E-state index in [2.05, 4.69) is 10.4 Å². The number of ether oxygens (including phenoxy) is 1. The van der Waals surface area contributed by atoms with Crippen molar-refractivity contribution < 1.29 is 9.53 Å². The Hall–Kier alpha value is -1.36. The van der Waals surface area contributed by atoms with Crippen LogP contribution in [0.4, 0.5) is 0 Å². The summed E-state index contributed by atoms with van der Waals surface area (Å²) in [6, 6.07) is 1.95. The SMILES string of the molecule is CCNC(Cn1ccc(C)n1)(C(=O)OC)C1CC1. The lowest BCUT2D eigenvalue weighted by molar-refractivity contribution is -0.150. The molecule has 1 N–H and O–H groups in total. The average molecular weight is 251 g/mol. The Morgan fingerprint density at radius 3 is 2.83 bits per heavy atom. The Labute approximate surface area is 108 Å². The van der Waals surface area contributed by atoms with Gasteiger partial charge in [0, 0.05) is 6.20 Å². The molecule has 0 radical (unpaired) electrons. The van der Waals surface area contributed by atoms with Crippen molar-refractivity contribution in [2.45, 2.75) is 38.8 Å². The van der Waals surface area contributed by atoms with Gasteiger partial charge < -0.3 is 10.1 Å². The van der Waals surface area contributed by atoms with Gasteiger partial charge in [-0.05, 0) is 38.3 Å². The number of nitrogens with zero attached hydrogens (tertiary/aromatic N) is 2. The van der Waals surface area contributed by atoms with Crippen molar-refractivity contribution in [1.29, 1.82) is 0 Å². The third-order valence-corrected chi connectivity index (χ3v) is 3.50. The number of nitrogens with one attached hydrogen (secondary N) is 1. The molecule has 18 heavy (non-hydrogen) atoms. The maximum atomic E-state index is 12.2. The van der Waals surface area contributed by atoms with E-state index in [1.54, 1.807) is 0 Å². The van der Waals surface area contributed by atoms with Crippen LogP contribution in [-0.4, -0.2) is 34.9 Å². The van der Waals surface area contributed by atoms with Gasteiger partial charge in [-0.3, -0.25) is 4.68 Å². The Balaban J connectivity index is 2.24. The van der Waals surface area contributed by atoms with Crippen molar-refractivity contribution in [2.75, 3.05) is 13.7 Å². The molecule has 0 saturated heterocycles. The standard InChI is InChI=1S/C13H21N3O2/c1-4-14-13(11-5-6-11,12(17)18-3)9-16-8-7-10(2)15-16/h7-8,11,14H,4-6,9H2,1-3H3. The van der Waals surface area contributed by atoms with Crippen molar-refractivity contribution in [1.82, 2.24) is 15.1 Å². The van der Waals surface area contributed by atoms with E-state index in [4.69, 9.17) is 4.74 Å². The molecular weight excluding hydrogens is 230 g/mol. The summed E-state index contributed by atoms with van der Waals surface area (Å²) in [7, 11) is 1.45. The van der Waals surface area contributed by atoms with E-state index in [0.29, 0.717) is 12.5 Å². The van der Waals surface area contributed by atoms with Crippen LogP contribution >= 0.6 is 0 Å². The lowest BCUT2D eigenvalue weighted by Gasteiger charge is -2.31. The minimum atomic E-state index is -0.623. The summed E-state index contributed by atoms with van der Waals surface area (Å²) in [6.07, 6.45) is 4.05. The van der Waals surface area contributed by atoms with Crippen LogP contribution in [0.1, 0.15) is 25.5 Å². The molecule has 1 unspecified atom stereocenters. The van der Waals surface area contributed by atoms with Crippen molar-refractivity contribution in [3.8, 4) is 0 Å². The minimum absolute atomic E-state index is 0.181. The average Bonchev–Trinajstić information content (AvgIpc) is 3.13. The molecule has 1 atom stereocenters. The summed E-state index contributed by atoms with van der Waals surface area (Å²) in [5, 5.41) is 7.70. The van der Waals surface area contributed by atoms with Crippen LogP contribution in [0.25, 0.3) is 0 Å². The summed E-state index contributed by atoms with van der Waals surface area (Å²) >= 11 is 0. The topological polar surface area (TPSA) is 56.2 Å². The van der Waals surface area contributed by atoms with Crippen LogP contribution in [0.3, 0.4) is 0 Å². The first-order valence-electron chi connectivity index (χ1n) is 6.46. The first kappa shape index (κ1) is 13.1. The number of carbonyl (C=O) groups excluding carboxylic acids is 1. The van der Waals surface area contributed by atoms with Gasteiger partial charge in [-0.2, -0.15) is 5.10 Å². The summed E-state index contributed by atoms with van der Waals surface area (Å²) in [4.78, 5) is 12.2. The van der Waals surface area contributed by atoms with Crippen molar-refractivity contribution >= 4 is 5.97 Å². The van der Waals surface area contributed by atoms with Crippen molar-refractivity contribution in [3.63, 3.8) is 0 Å². The van der Waals surface area contributed by atoms with Gasteiger partial charge in [0.1, 0.15) is 5.54 Å². The third-order valence-electron chi connectivity index (χ3n) is 3.50. The van der Waals surface area contributed by atoms with Gasteiger partial charge in [-0.1, -0.05) is 6.92 Å². The molecule has 0 aliphatic heterocycles. The van der Waals surface area contributed by atoms with Crippen LogP contribution in [-0.2, 0) is 16.1 Å². The maximum absolute atomic E-state index is 12.2. The van der Waals surface area contributed by atoms with E-state index in [-0.39, 0.29) is 5.97 Å². The fourth-order valence-corrected chi connectivity index (χ4v) is 2.51. The van der Waals surface area contributed by atoms with Crippen molar-refractivity contribution in [2.24, 2.45) is 5.92 Å². The maximum Gasteiger partial charge on any atom is 0.328 e. The summed E-state index contributed by atoms with van der Waals surface area (Å²) < 4.78 is 6.83. The van der Waals surface area contributed by atoms with Gasteiger partial charge in [0.2, 0.25) is 0 Å². The van der Waals surface area contributed by atoms with Crippen LogP contribution < -0.4 is 5.32 Å². The highest BCUT2D eigenvalue weighted by molar-refractivity contribution is 5.81. The van der Waals surface area contributed by atoms with E-state index < -0.39 is 5.54 Å². The number of esters is 1. The lowest BCUT2D eigenvalue weighted by Crippen LogP contribution is -2.57. The number of carbonyl (C=O) groups is 1. The largest absolute Gasteiger partial charge is 0.468 e. The van der Waals surface area contributed by atoms with Crippen molar-refractivity contribution in [3.05, 3.63) is 18.0 Å². The number of aromatic nitrogens is 2. The number of likely N-dealkylation sites (N-methyl/N-ethyl adjacent to an activating group) is 1. The normalized spacial score (nSPS) is 18.4. The van der Waals surface area contributed by atoms with Gasteiger partial charge in [0.15, 0.2) is 0 Å². The highest BCUT2D eigenvalue weighted by atomic mass is 16.5. The zero-order chi connectivity index (χ0) is 13.2. The highest BCUT2D eigenvalue weighted by Crippen LogP contribution is 2.41. The van der Waals surface area contributed by atoms with E-state index >= 15 is 0 Å². The predicted molar refractivity (Wildman–Crippen MR) is 68.1 cm³/mol. The second-order valence-electron chi connectivity index (χ2n) is 4.92. The second-order valence-corrected chi connectivity index (χ2v) is 4.92. The van der Waals surface area contributed by atoms with E-state index in [9.17, 15) is 4.79 Å². The fourth-order valence-electron chi connectivity index (χ4n) is 2.51. The van der Waals surface area contributed by atoms with Gasteiger partial charge >= 0.3 is 5.97 Å². The van der Waals surface area contributed by atoms with Crippen LogP contribution in [0, 0.1) is 12.8 Å². The molecule has 1 aliphatic rings. The molecule has 1 fully saturated rings. The van der Waals surface area contributed by atoms with Gasteiger partial charge in [0.05, 0.1) is 19.3 Å². The molecule has 1 saturated carbocycles. The molecule has 2 rings (SSSR count). The molecule has 0 bridgehead atoms. The van der Waals surface area contributed by atoms with Crippen LogP contribution in [0.2, 0.25) is 0 Å². The minimum Gasteiger partial charge on any atom is -0.468 e. The Kier molecular flexibility index (Phi) is 3.71. The monoisotopic (exact) mass is 251 g/mol. The molecule has 5 heteroatoms. The Bertz CT molecular complexity index is 426. The first-order valence-corrected chi connectivity index (χ1v) is 6.46. The molecule has 0 amide bonds. The van der Waals surface area contributed by atoms with Gasteiger partial charge in [-0.25, -0.2) is 4.79 Å². The molecule has 1 heterocycles. The zero-order valence-electron chi connectivity index (χ0n) is 11.3. The van der Waals surface area contributed by atoms with Gasteiger partial charge in [-0.15, -0.1) is 0 Å². The summed E-state index contributed by atoms with van der Waals surface area (Å²) in [5.74, 6) is 0.175. The zero-order valence-corrected chi connectivity index (χ0v) is 11.3. The fraction of sp³-hybridized carbons (Fsp3) is 0.692. The lowest BCUT2D eigenvalue weighted by atomic mass is 9.93. The summed E-state index contributed by atoms with van der Waals surface area (Å²) in [6.45, 7) is 5.23. The Morgan fingerprint density at radius 2 is 2.39 bits per heavy atom. The molecule has 100 valence electrons. The highest BCUT2D eigenvalue weighted by Gasteiger charge is 2.51. The number of rotatable bonds is 6. The number of hydrogen-bond donors (Lipinski definition) is 1. The number of methoxy groups -OCH3 is 1. The van der Waals surface area contributed by atoms with Crippen LogP contribution in [0.15, 0.2) is 12.3 Å². The van der Waals surface area contributed by atoms with Gasteiger partial charge in [0.25, 0.3) is 0 Å². The Morgan fingerprint density at radius 1 is 1.67 bits per heavy atom.